The van der Waals surface area contributed by atoms with Gasteiger partial charge >= 0.3 is 0 Å². The summed E-state index contributed by atoms with van der Waals surface area (Å²) in [5.74, 6) is 0. The number of fused-ring (bicyclic) bond motifs is 5. The monoisotopic (exact) mass is 664 g/mol. The van der Waals surface area contributed by atoms with Crippen LogP contribution in [0.1, 0.15) is 0 Å². The molecule has 0 unspecified atom stereocenters. The second-order valence-corrected chi connectivity index (χ2v) is 14.3. The molecule has 0 aliphatic rings. The lowest BCUT2D eigenvalue weighted by Gasteiger charge is -2.19. The van der Waals surface area contributed by atoms with Gasteiger partial charge in [-0.1, -0.05) is 170 Å². The normalized spacial score (nSPS) is 11.5. The average molecular weight is 665 g/mol. The van der Waals surface area contributed by atoms with E-state index in [0.29, 0.717) is 0 Å². The minimum absolute atomic E-state index is 1.22. The van der Waals surface area contributed by atoms with Gasteiger partial charge in [-0.05, 0) is 101 Å². The Balaban J connectivity index is 1.27. The summed E-state index contributed by atoms with van der Waals surface area (Å²) in [4.78, 5) is 0. The Morgan fingerprint density at radius 2 is 0.745 bits per heavy atom. The Morgan fingerprint density at radius 3 is 1.49 bits per heavy atom. The molecular formula is C50H32S. The third-order valence-corrected chi connectivity index (χ3v) is 11.4. The molecular weight excluding hydrogens is 633 g/mol. The zero-order chi connectivity index (χ0) is 33.7. The highest BCUT2D eigenvalue weighted by Gasteiger charge is 2.19. The zero-order valence-corrected chi connectivity index (χ0v) is 28.7. The molecule has 0 fully saturated rings. The smallest absolute Gasteiger partial charge is 0.0361 e. The summed E-state index contributed by atoms with van der Waals surface area (Å²) in [6.45, 7) is 0. The minimum atomic E-state index is 1.22. The number of hydrogen-bond acceptors (Lipinski definition) is 1. The fourth-order valence-electron chi connectivity index (χ4n) is 7.93. The molecule has 0 bridgehead atoms. The number of rotatable bonds is 5. The van der Waals surface area contributed by atoms with Crippen LogP contribution in [0.3, 0.4) is 0 Å². The largest absolute Gasteiger partial charge is 0.135 e. The first-order valence-corrected chi connectivity index (χ1v) is 18.3. The highest BCUT2D eigenvalue weighted by molar-refractivity contribution is 7.25. The van der Waals surface area contributed by atoms with Gasteiger partial charge in [0.25, 0.3) is 0 Å². The third kappa shape index (κ3) is 5.05. The number of benzene rings is 9. The molecule has 0 amide bonds. The van der Waals surface area contributed by atoms with Crippen molar-refractivity contribution in [1.29, 1.82) is 0 Å². The van der Waals surface area contributed by atoms with Crippen molar-refractivity contribution in [2.24, 2.45) is 0 Å². The van der Waals surface area contributed by atoms with Crippen LogP contribution in [0.15, 0.2) is 194 Å². The molecule has 9 aromatic carbocycles. The summed E-state index contributed by atoms with van der Waals surface area (Å²) >= 11 is 1.87. The SMILES string of the molecule is c1ccc(-c2ccc(-c3c4ccccc4c(-c4cccc(-c5ccccc5)c4)c4ccc(-c5cccc6sc7ccccc7c56)cc34)cc2)cc1. The second kappa shape index (κ2) is 12.2. The molecule has 0 spiro atoms. The van der Waals surface area contributed by atoms with Crippen LogP contribution in [-0.2, 0) is 0 Å². The van der Waals surface area contributed by atoms with E-state index in [1.165, 1.54) is 97.4 Å². The fraction of sp³-hybridized carbons (Fsp3) is 0. The Kier molecular flexibility index (Phi) is 7.11. The van der Waals surface area contributed by atoms with Gasteiger partial charge in [0.05, 0.1) is 0 Å². The van der Waals surface area contributed by atoms with Crippen molar-refractivity contribution < 1.29 is 0 Å². The van der Waals surface area contributed by atoms with Crippen LogP contribution in [0.2, 0.25) is 0 Å². The maximum Gasteiger partial charge on any atom is 0.0361 e. The van der Waals surface area contributed by atoms with Gasteiger partial charge in [-0.2, -0.15) is 0 Å². The highest BCUT2D eigenvalue weighted by Crippen LogP contribution is 2.47. The fourth-order valence-corrected chi connectivity index (χ4v) is 9.06. The maximum absolute atomic E-state index is 2.45. The molecule has 10 rings (SSSR count). The zero-order valence-electron chi connectivity index (χ0n) is 27.9. The molecule has 0 saturated heterocycles. The van der Waals surface area contributed by atoms with Crippen LogP contribution in [-0.4, -0.2) is 0 Å². The van der Waals surface area contributed by atoms with E-state index in [-0.39, 0.29) is 0 Å². The predicted molar refractivity (Wildman–Crippen MR) is 222 cm³/mol. The molecule has 0 nitrogen and oxygen atoms in total. The Hall–Kier alpha value is -6.28. The van der Waals surface area contributed by atoms with E-state index >= 15 is 0 Å². The van der Waals surface area contributed by atoms with Gasteiger partial charge < -0.3 is 0 Å². The van der Waals surface area contributed by atoms with Gasteiger partial charge in [-0.15, -0.1) is 11.3 Å². The van der Waals surface area contributed by atoms with Crippen molar-refractivity contribution in [1.82, 2.24) is 0 Å². The molecule has 51 heavy (non-hydrogen) atoms. The minimum Gasteiger partial charge on any atom is -0.135 e. The summed E-state index contributed by atoms with van der Waals surface area (Å²) < 4.78 is 2.65. The molecule has 0 saturated carbocycles. The van der Waals surface area contributed by atoms with E-state index in [2.05, 4.69) is 194 Å². The Morgan fingerprint density at radius 1 is 0.255 bits per heavy atom. The molecule has 0 N–H and O–H groups in total. The Bertz CT molecular complexity index is 2880. The number of thiophene rings is 1. The number of hydrogen-bond donors (Lipinski definition) is 0. The van der Waals surface area contributed by atoms with Crippen molar-refractivity contribution in [3.63, 3.8) is 0 Å². The molecule has 238 valence electrons. The van der Waals surface area contributed by atoms with Crippen LogP contribution in [0, 0.1) is 0 Å². The predicted octanol–water partition coefficient (Wildman–Crippen LogP) is 14.7. The Labute approximate surface area is 301 Å². The van der Waals surface area contributed by atoms with Crippen LogP contribution in [0.4, 0.5) is 0 Å². The van der Waals surface area contributed by atoms with E-state index in [4.69, 9.17) is 0 Å². The van der Waals surface area contributed by atoms with Gasteiger partial charge in [0.15, 0.2) is 0 Å². The van der Waals surface area contributed by atoms with Crippen molar-refractivity contribution in [2.75, 3.05) is 0 Å². The summed E-state index contributed by atoms with van der Waals surface area (Å²) in [7, 11) is 0. The van der Waals surface area contributed by atoms with Crippen LogP contribution in [0.5, 0.6) is 0 Å². The highest BCUT2D eigenvalue weighted by atomic mass is 32.1. The summed E-state index contributed by atoms with van der Waals surface area (Å²) in [5.41, 5.74) is 12.4. The van der Waals surface area contributed by atoms with Gasteiger partial charge in [-0.25, -0.2) is 0 Å². The van der Waals surface area contributed by atoms with Gasteiger partial charge in [-0.3, -0.25) is 0 Å². The van der Waals surface area contributed by atoms with E-state index in [0.717, 1.165) is 0 Å². The van der Waals surface area contributed by atoms with Crippen molar-refractivity contribution in [3.05, 3.63) is 194 Å². The molecule has 0 aliphatic heterocycles. The van der Waals surface area contributed by atoms with Crippen molar-refractivity contribution in [3.8, 4) is 55.6 Å². The first-order valence-electron chi connectivity index (χ1n) is 17.5. The molecule has 1 aromatic heterocycles. The third-order valence-electron chi connectivity index (χ3n) is 10.3. The average Bonchev–Trinajstić information content (AvgIpc) is 3.60. The quantitative estimate of drug-likeness (QED) is 0.161. The standard InChI is InChI=1S/C50H32S/c1-3-13-33(14-4-1)35-25-27-36(28-26-35)48-41-19-7-8-20-42(41)49(39-18-11-17-37(31-39)34-15-5-2-6-16-34)43-30-29-38(32-45(43)48)40-22-12-24-47-50(40)44-21-9-10-23-46(44)51-47/h1-32H. The first-order chi connectivity index (χ1) is 25.3. The van der Waals surface area contributed by atoms with Crippen molar-refractivity contribution in [2.45, 2.75) is 0 Å². The van der Waals surface area contributed by atoms with Gasteiger partial charge in [0.1, 0.15) is 0 Å². The molecule has 0 aliphatic carbocycles. The maximum atomic E-state index is 2.45. The molecule has 0 atom stereocenters. The van der Waals surface area contributed by atoms with Crippen molar-refractivity contribution >= 4 is 53.1 Å². The second-order valence-electron chi connectivity index (χ2n) is 13.2. The molecule has 1 heteroatoms. The summed E-state index contributed by atoms with van der Waals surface area (Å²) in [6, 6.07) is 71.2. The lowest BCUT2D eigenvalue weighted by molar-refractivity contribution is 1.60. The van der Waals surface area contributed by atoms with E-state index in [1.54, 1.807) is 0 Å². The van der Waals surface area contributed by atoms with Gasteiger partial charge in [0.2, 0.25) is 0 Å². The molecule has 0 radical (unpaired) electrons. The first kappa shape index (κ1) is 29.6. The van der Waals surface area contributed by atoms with E-state index < -0.39 is 0 Å². The lowest BCUT2D eigenvalue weighted by atomic mass is 9.84. The lowest BCUT2D eigenvalue weighted by Crippen LogP contribution is -1.92. The summed E-state index contributed by atoms with van der Waals surface area (Å²) in [6.07, 6.45) is 0. The molecule has 10 aromatic rings. The van der Waals surface area contributed by atoms with Crippen LogP contribution >= 0.6 is 11.3 Å². The topological polar surface area (TPSA) is 0 Å². The van der Waals surface area contributed by atoms with Gasteiger partial charge in [0, 0.05) is 20.2 Å². The van der Waals surface area contributed by atoms with E-state index in [1.807, 2.05) is 11.3 Å². The van der Waals surface area contributed by atoms with E-state index in [9.17, 15) is 0 Å². The molecule has 1 heterocycles. The van der Waals surface area contributed by atoms with Crippen LogP contribution < -0.4 is 0 Å². The van der Waals surface area contributed by atoms with Crippen LogP contribution in [0.25, 0.3) is 97.4 Å². The summed E-state index contributed by atoms with van der Waals surface area (Å²) in [5, 5.41) is 7.69.